The lowest BCUT2D eigenvalue weighted by Crippen LogP contribution is -2.46. The molecule has 0 aromatic heterocycles. The maximum absolute atomic E-state index is 13.6. The number of benzene rings is 2. The summed E-state index contributed by atoms with van der Waals surface area (Å²) in [6, 6.07) is 11.1. The number of carbonyl (C=O) groups is 1. The second kappa shape index (κ2) is 9.55. The Morgan fingerprint density at radius 3 is 2.39 bits per heavy atom. The summed E-state index contributed by atoms with van der Waals surface area (Å²) in [5, 5.41) is 9.37. The van der Waals surface area contributed by atoms with E-state index in [0.29, 0.717) is 21.4 Å². The first-order valence-electron chi connectivity index (χ1n) is 10.6. The molecule has 0 aliphatic carbocycles. The van der Waals surface area contributed by atoms with Crippen molar-refractivity contribution in [3.8, 4) is 0 Å². The predicted octanol–water partition coefficient (Wildman–Crippen LogP) is 5.59. The monoisotopic (exact) mass is 462 g/mol. The summed E-state index contributed by atoms with van der Waals surface area (Å²) in [6.45, 7) is 3.63. The van der Waals surface area contributed by atoms with Crippen molar-refractivity contribution in [1.29, 1.82) is 0 Å². The Hall–Kier alpha value is -2.15. The van der Waals surface area contributed by atoms with E-state index in [4.69, 9.17) is 23.2 Å². The van der Waals surface area contributed by atoms with E-state index >= 15 is 0 Å². The van der Waals surface area contributed by atoms with Gasteiger partial charge in [0.2, 0.25) is 0 Å². The molecule has 31 heavy (non-hydrogen) atoms. The van der Waals surface area contributed by atoms with Crippen molar-refractivity contribution in [2.75, 3.05) is 18.1 Å². The fourth-order valence-corrected chi connectivity index (χ4v) is 4.72. The molecule has 2 heterocycles. The van der Waals surface area contributed by atoms with Crippen molar-refractivity contribution >= 4 is 40.5 Å². The summed E-state index contributed by atoms with van der Waals surface area (Å²) >= 11 is 12.5. The van der Waals surface area contributed by atoms with Crippen LogP contribution in [0.1, 0.15) is 44.2 Å². The minimum Gasteiger partial charge on any atom is -0.284 e. The molecular weight excluding hydrogens is 438 g/mol. The van der Waals surface area contributed by atoms with E-state index in [-0.39, 0.29) is 23.7 Å². The topological polar surface area (TPSA) is 47.9 Å². The lowest BCUT2D eigenvalue weighted by Gasteiger charge is -2.27. The summed E-state index contributed by atoms with van der Waals surface area (Å²) < 4.78 is 13.6. The Balaban J connectivity index is 1.66. The van der Waals surface area contributed by atoms with Crippen LogP contribution >= 0.6 is 23.2 Å². The Labute approximate surface area is 191 Å². The minimum atomic E-state index is -0.314. The smallest absolute Gasteiger partial charge is 0.282 e. The van der Waals surface area contributed by atoms with Gasteiger partial charge in [0.25, 0.3) is 5.91 Å². The Morgan fingerprint density at radius 1 is 1.06 bits per heavy atom. The number of amides is 1. The van der Waals surface area contributed by atoms with Crippen molar-refractivity contribution in [1.82, 2.24) is 10.4 Å². The highest BCUT2D eigenvalue weighted by Gasteiger charge is 2.40. The van der Waals surface area contributed by atoms with Crippen molar-refractivity contribution < 1.29 is 9.18 Å². The van der Waals surface area contributed by atoms with Gasteiger partial charge in [0.1, 0.15) is 11.5 Å². The first kappa shape index (κ1) is 22.1. The number of hydrazone groups is 1. The molecule has 0 spiro atoms. The van der Waals surface area contributed by atoms with Gasteiger partial charge in [-0.25, -0.2) is 9.40 Å². The highest BCUT2D eigenvalue weighted by atomic mass is 35.5. The van der Waals surface area contributed by atoms with Crippen molar-refractivity contribution in [3.63, 3.8) is 0 Å². The number of anilines is 1. The van der Waals surface area contributed by atoms with Gasteiger partial charge < -0.3 is 0 Å². The second-order valence-electron chi connectivity index (χ2n) is 8.05. The third kappa shape index (κ3) is 4.86. The lowest BCUT2D eigenvalue weighted by atomic mass is 9.91. The number of nitrogens with zero attached hydrogens (tertiary/aromatic N) is 3. The predicted molar refractivity (Wildman–Crippen MR) is 123 cm³/mol. The SMILES string of the molecule is CC1C(C(=O)NN2CCCCCC2)=NN(c2ccc(Cl)cc2Cl)[C@H]1c1ccc(F)cc1. The molecule has 0 bridgehead atoms. The van der Waals surface area contributed by atoms with Gasteiger partial charge in [-0.2, -0.15) is 5.10 Å². The zero-order valence-corrected chi connectivity index (χ0v) is 18.8. The molecular formula is C23H25Cl2FN4O. The van der Waals surface area contributed by atoms with Gasteiger partial charge in [-0.3, -0.25) is 15.2 Å². The zero-order valence-electron chi connectivity index (χ0n) is 17.3. The normalized spacial score (nSPS) is 22.2. The van der Waals surface area contributed by atoms with Crippen molar-refractivity contribution in [3.05, 3.63) is 63.9 Å². The Morgan fingerprint density at radius 2 is 1.74 bits per heavy atom. The third-order valence-corrected chi connectivity index (χ3v) is 6.39. The molecule has 1 unspecified atom stereocenters. The van der Waals surface area contributed by atoms with E-state index in [0.717, 1.165) is 31.5 Å². The summed E-state index contributed by atoms with van der Waals surface area (Å²) in [5.41, 5.74) is 4.94. The first-order valence-corrected chi connectivity index (χ1v) is 11.3. The number of carbonyl (C=O) groups excluding carboxylic acids is 1. The maximum Gasteiger partial charge on any atom is 0.282 e. The molecule has 0 saturated carbocycles. The van der Waals surface area contributed by atoms with Crippen LogP contribution in [0.15, 0.2) is 47.6 Å². The third-order valence-electron chi connectivity index (χ3n) is 5.85. The Bertz CT molecular complexity index is 974. The molecule has 8 heteroatoms. The molecule has 2 aromatic carbocycles. The van der Waals surface area contributed by atoms with Gasteiger partial charge >= 0.3 is 0 Å². The van der Waals surface area contributed by atoms with Gasteiger partial charge in [0.05, 0.1) is 16.8 Å². The molecule has 2 atom stereocenters. The van der Waals surface area contributed by atoms with Gasteiger partial charge in [-0.05, 0) is 48.7 Å². The number of hydrogen-bond donors (Lipinski definition) is 1. The van der Waals surface area contributed by atoms with E-state index in [1.807, 2.05) is 11.9 Å². The van der Waals surface area contributed by atoms with Crippen LogP contribution in [-0.4, -0.2) is 29.7 Å². The van der Waals surface area contributed by atoms with Crippen LogP contribution in [-0.2, 0) is 4.79 Å². The van der Waals surface area contributed by atoms with Gasteiger partial charge in [-0.1, -0.05) is 55.1 Å². The average molecular weight is 463 g/mol. The summed E-state index contributed by atoms with van der Waals surface area (Å²) in [6.07, 6.45) is 4.48. The molecule has 1 amide bonds. The van der Waals surface area contributed by atoms with Crippen LogP contribution in [0, 0.1) is 11.7 Å². The van der Waals surface area contributed by atoms with E-state index in [1.165, 1.54) is 25.0 Å². The molecule has 4 rings (SSSR count). The second-order valence-corrected chi connectivity index (χ2v) is 8.90. The summed E-state index contributed by atoms with van der Waals surface area (Å²) in [7, 11) is 0. The largest absolute Gasteiger partial charge is 0.284 e. The molecule has 0 radical (unpaired) electrons. The quantitative estimate of drug-likeness (QED) is 0.643. The molecule has 1 fully saturated rings. The number of nitrogens with one attached hydrogen (secondary N) is 1. The van der Waals surface area contributed by atoms with Crippen LogP contribution < -0.4 is 10.4 Å². The van der Waals surface area contributed by atoms with Crippen LogP contribution in [0.3, 0.4) is 0 Å². The molecule has 2 aromatic rings. The number of rotatable bonds is 4. The summed E-state index contributed by atoms with van der Waals surface area (Å²) in [5.74, 6) is -0.760. The molecule has 2 aliphatic heterocycles. The van der Waals surface area contributed by atoms with E-state index in [2.05, 4.69) is 10.5 Å². The summed E-state index contributed by atoms with van der Waals surface area (Å²) in [4.78, 5) is 13.2. The fourth-order valence-electron chi connectivity index (χ4n) is 4.23. The van der Waals surface area contributed by atoms with Crippen molar-refractivity contribution in [2.45, 2.75) is 38.6 Å². The first-order chi connectivity index (χ1) is 14.9. The minimum absolute atomic E-state index is 0.214. The van der Waals surface area contributed by atoms with Gasteiger partial charge in [-0.15, -0.1) is 0 Å². The lowest BCUT2D eigenvalue weighted by molar-refractivity contribution is -0.119. The van der Waals surface area contributed by atoms with Crippen LogP contribution in [0.5, 0.6) is 0 Å². The maximum atomic E-state index is 13.6. The number of hydrazine groups is 1. The number of halogens is 3. The van der Waals surface area contributed by atoms with E-state index in [9.17, 15) is 9.18 Å². The molecule has 2 aliphatic rings. The average Bonchev–Trinajstić information content (AvgIpc) is 2.89. The van der Waals surface area contributed by atoms with Crippen LogP contribution in [0.25, 0.3) is 0 Å². The van der Waals surface area contributed by atoms with Gasteiger partial charge in [0, 0.05) is 24.0 Å². The van der Waals surface area contributed by atoms with Crippen LogP contribution in [0.2, 0.25) is 10.0 Å². The van der Waals surface area contributed by atoms with Gasteiger partial charge in [0.15, 0.2) is 0 Å². The molecule has 5 nitrogen and oxygen atoms in total. The van der Waals surface area contributed by atoms with E-state index in [1.54, 1.807) is 35.3 Å². The molecule has 1 N–H and O–H groups in total. The highest BCUT2D eigenvalue weighted by molar-refractivity contribution is 6.41. The standard InChI is InChI=1S/C23H25Cl2FN4O/c1-15-21(23(31)28-29-12-4-2-3-5-13-29)27-30(20-11-8-17(24)14-19(20)25)22(15)16-6-9-18(26)10-7-16/h6-11,14-15,22H,2-5,12-13H2,1H3,(H,28,31)/t15?,22-/m1/s1. The molecule has 1 saturated heterocycles. The Kier molecular flexibility index (Phi) is 6.80. The number of hydrogen-bond acceptors (Lipinski definition) is 4. The van der Waals surface area contributed by atoms with E-state index < -0.39 is 0 Å². The highest BCUT2D eigenvalue weighted by Crippen LogP contribution is 2.42. The molecule has 164 valence electrons. The van der Waals surface area contributed by atoms with Crippen LogP contribution in [0.4, 0.5) is 10.1 Å². The van der Waals surface area contributed by atoms with Crippen molar-refractivity contribution in [2.24, 2.45) is 11.0 Å². The fraction of sp³-hybridized carbons (Fsp3) is 0.391. The zero-order chi connectivity index (χ0) is 22.0.